The number of hydrogen-bond donors (Lipinski definition) is 1. The minimum atomic E-state index is -4.91. The lowest BCUT2D eigenvalue weighted by Crippen LogP contribution is -2.14. The topological polar surface area (TPSA) is 115 Å². The van der Waals surface area contributed by atoms with Gasteiger partial charge in [-0.15, -0.1) is 12.4 Å². The summed E-state index contributed by atoms with van der Waals surface area (Å²) in [5.41, 5.74) is -0.953. The van der Waals surface area contributed by atoms with Crippen molar-refractivity contribution in [2.45, 2.75) is 0 Å². The Hall–Kier alpha value is -1.03. The zero-order chi connectivity index (χ0) is 12.5. The van der Waals surface area contributed by atoms with Gasteiger partial charge >= 0.3 is 15.2 Å². The van der Waals surface area contributed by atoms with E-state index in [1.165, 1.54) is 0 Å². The van der Waals surface area contributed by atoms with E-state index in [0.717, 1.165) is 18.2 Å². The van der Waals surface area contributed by atoms with Crippen LogP contribution in [0.5, 0.6) is 0 Å². The van der Waals surface area contributed by atoms with E-state index in [9.17, 15) is 23.3 Å². The molecule has 0 unspecified atom stereocenters. The molecule has 0 aliphatic rings. The molecule has 0 aromatic heterocycles. The first-order valence-electron chi connectivity index (χ1n) is 3.70. The smallest absolute Gasteiger partial charge is 0.279 e. The number of carbonyl (C=O) groups excluding carboxylic acids is 1. The van der Waals surface area contributed by atoms with Crippen molar-refractivity contribution in [1.29, 1.82) is 0 Å². The number of nitrogens with zero attached hydrogens (tertiary/aromatic N) is 1. The molecular formula is C7H5BrClNO6S. The highest BCUT2D eigenvalue weighted by atomic mass is 79.9. The molecule has 7 nitrogen and oxygen atoms in total. The van der Waals surface area contributed by atoms with Crippen molar-refractivity contribution >= 4 is 49.3 Å². The Morgan fingerprint density at radius 2 is 1.94 bits per heavy atom. The van der Waals surface area contributed by atoms with E-state index in [0.29, 0.717) is 0 Å². The third-order valence-corrected chi connectivity index (χ3v) is 3.15. The van der Waals surface area contributed by atoms with Crippen molar-refractivity contribution in [1.82, 2.24) is 0 Å². The molecule has 0 radical (unpaired) electrons. The Bertz CT molecular complexity index is 572. The van der Waals surface area contributed by atoms with Gasteiger partial charge in [0, 0.05) is 6.07 Å². The van der Waals surface area contributed by atoms with Crippen LogP contribution in [0.2, 0.25) is 0 Å². The summed E-state index contributed by atoms with van der Waals surface area (Å²) in [6.45, 7) is 0. The summed E-state index contributed by atoms with van der Waals surface area (Å²) in [5.74, 6) is 0. The summed E-state index contributed by atoms with van der Waals surface area (Å²) in [6.07, 6.45) is 0. The summed E-state index contributed by atoms with van der Waals surface area (Å²) >= 11 is 2.74. The number of hydrogen-bond acceptors (Lipinski definition) is 5. The Morgan fingerprint density at radius 1 is 1.41 bits per heavy atom. The molecule has 0 amide bonds. The lowest BCUT2D eigenvalue weighted by atomic mass is 10.2. The average molecular weight is 347 g/mol. The van der Waals surface area contributed by atoms with Gasteiger partial charge in [-0.1, -0.05) is 6.07 Å². The highest BCUT2D eigenvalue weighted by Crippen LogP contribution is 2.29. The molecule has 1 aromatic carbocycles. The third-order valence-electron chi connectivity index (χ3n) is 1.63. The van der Waals surface area contributed by atoms with Crippen molar-refractivity contribution in [3.63, 3.8) is 0 Å². The Morgan fingerprint density at radius 3 is 2.35 bits per heavy atom. The van der Waals surface area contributed by atoms with Gasteiger partial charge in [-0.2, -0.15) is 8.42 Å². The normalized spacial score (nSPS) is 10.5. The van der Waals surface area contributed by atoms with Crippen molar-refractivity contribution in [3.8, 4) is 0 Å². The molecule has 0 fully saturated rings. The molecular weight excluding hydrogens is 342 g/mol. The summed E-state index contributed by atoms with van der Waals surface area (Å²) in [4.78, 5) is 20.9. The van der Waals surface area contributed by atoms with E-state index in [-0.39, 0.29) is 16.9 Å². The molecule has 1 rings (SSSR count). The lowest BCUT2D eigenvalue weighted by Gasteiger charge is -2.01. The molecule has 94 valence electrons. The maximum atomic E-state index is 11.2. The first-order valence-corrected chi connectivity index (χ1v) is 5.93. The largest absolute Gasteiger partial charge is 0.333 e. The molecule has 0 spiro atoms. The van der Waals surface area contributed by atoms with Crippen LogP contribution in [0.15, 0.2) is 22.7 Å². The van der Waals surface area contributed by atoms with Gasteiger partial charge in [0.1, 0.15) is 4.47 Å². The van der Waals surface area contributed by atoms with Gasteiger partial charge in [0.05, 0.1) is 10.5 Å². The summed E-state index contributed by atoms with van der Waals surface area (Å²) in [6, 6.07) is 3.28. The van der Waals surface area contributed by atoms with Crippen molar-refractivity contribution < 1.29 is 22.7 Å². The monoisotopic (exact) mass is 345 g/mol. The molecule has 10 heteroatoms. The van der Waals surface area contributed by atoms with E-state index in [4.69, 9.17) is 4.55 Å². The minimum absolute atomic E-state index is 0. The van der Waals surface area contributed by atoms with Crippen LogP contribution < -0.4 is 0 Å². The van der Waals surface area contributed by atoms with E-state index >= 15 is 0 Å². The molecule has 1 aromatic rings. The van der Waals surface area contributed by atoms with Gasteiger partial charge in [-0.25, -0.2) is 0 Å². The zero-order valence-electron chi connectivity index (χ0n) is 7.86. The summed E-state index contributed by atoms with van der Waals surface area (Å²) in [7, 11) is -4.91. The van der Waals surface area contributed by atoms with Gasteiger partial charge in [0.15, 0.2) is 0 Å². The number of carbonyl (C=O) groups is 1. The second kappa shape index (κ2) is 5.54. The van der Waals surface area contributed by atoms with Gasteiger partial charge in [-0.3, -0.25) is 19.5 Å². The number of halogens is 2. The zero-order valence-corrected chi connectivity index (χ0v) is 11.1. The molecule has 0 aliphatic carbocycles. The molecule has 0 saturated carbocycles. The Labute approximate surface area is 110 Å². The van der Waals surface area contributed by atoms with Crippen molar-refractivity contribution in [2.24, 2.45) is 0 Å². The quantitative estimate of drug-likeness (QED) is 0.496. The van der Waals surface area contributed by atoms with E-state index < -0.39 is 31.4 Å². The van der Waals surface area contributed by atoms with E-state index in [1.807, 2.05) is 0 Å². The Kier molecular flexibility index (Phi) is 5.20. The number of nitro groups is 1. The van der Waals surface area contributed by atoms with Crippen LogP contribution in [-0.2, 0) is 10.1 Å². The van der Waals surface area contributed by atoms with Crippen LogP contribution in [0.25, 0.3) is 0 Å². The van der Waals surface area contributed by atoms with Gasteiger partial charge in [0.2, 0.25) is 0 Å². The fourth-order valence-electron chi connectivity index (χ4n) is 0.957. The first kappa shape index (κ1) is 16.0. The second-order valence-electron chi connectivity index (χ2n) is 2.66. The fraction of sp³-hybridized carbons (Fsp3) is 0. The standard InChI is InChI=1S/C7H4BrNO6S.ClH/c8-6-4(7(10)16(13,14)15)2-1-3-5(6)9(11)12;/h1-3H,(H,13,14,15);1H. The first-order chi connectivity index (χ1) is 7.25. The van der Waals surface area contributed by atoms with Crippen molar-refractivity contribution in [3.05, 3.63) is 38.3 Å². The molecule has 17 heavy (non-hydrogen) atoms. The lowest BCUT2D eigenvalue weighted by molar-refractivity contribution is -0.385. The van der Waals surface area contributed by atoms with Gasteiger partial charge in [0.25, 0.3) is 5.69 Å². The van der Waals surface area contributed by atoms with Crippen LogP contribution in [0.1, 0.15) is 10.4 Å². The molecule has 1 N–H and O–H groups in total. The number of rotatable bonds is 2. The molecule has 0 heterocycles. The second-order valence-corrected chi connectivity index (χ2v) is 4.77. The predicted molar refractivity (Wildman–Crippen MR) is 63.9 cm³/mol. The molecule has 0 aliphatic heterocycles. The van der Waals surface area contributed by atoms with Crippen LogP contribution in [0, 0.1) is 10.1 Å². The Balaban J connectivity index is 0.00000256. The van der Waals surface area contributed by atoms with E-state index in [2.05, 4.69) is 15.9 Å². The fourth-order valence-corrected chi connectivity index (χ4v) is 2.13. The molecule has 0 bridgehead atoms. The van der Waals surface area contributed by atoms with Crippen molar-refractivity contribution in [2.75, 3.05) is 0 Å². The van der Waals surface area contributed by atoms with Crippen LogP contribution in [-0.4, -0.2) is 23.0 Å². The maximum Gasteiger partial charge on any atom is 0.333 e. The SMILES string of the molecule is Cl.O=C(c1cccc([N+](=O)[O-])c1Br)S(=O)(=O)O. The summed E-state index contributed by atoms with van der Waals surface area (Å²) in [5, 5.41) is 8.90. The minimum Gasteiger partial charge on any atom is -0.279 e. The van der Waals surface area contributed by atoms with Crippen LogP contribution >= 0.6 is 28.3 Å². The number of nitro benzene ring substituents is 1. The predicted octanol–water partition coefficient (Wildman–Crippen LogP) is 1.81. The maximum absolute atomic E-state index is 11.2. The highest BCUT2D eigenvalue weighted by molar-refractivity contribution is 9.10. The van der Waals surface area contributed by atoms with Gasteiger partial charge in [-0.05, 0) is 22.0 Å². The molecule has 0 atom stereocenters. The average Bonchev–Trinajstić information content (AvgIpc) is 2.15. The van der Waals surface area contributed by atoms with Gasteiger partial charge < -0.3 is 0 Å². The highest BCUT2D eigenvalue weighted by Gasteiger charge is 2.27. The van der Waals surface area contributed by atoms with E-state index in [1.54, 1.807) is 0 Å². The number of benzene rings is 1. The third kappa shape index (κ3) is 3.46. The van der Waals surface area contributed by atoms with Crippen LogP contribution in [0.4, 0.5) is 5.69 Å². The summed E-state index contributed by atoms with van der Waals surface area (Å²) < 4.78 is 29.4. The molecule has 0 saturated heterocycles. The van der Waals surface area contributed by atoms with Crippen LogP contribution in [0.3, 0.4) is 0 Å².